The average molecular weight is 253 g/mol. The molecule has 0 aliphatic heterocycles. The van der Waals surface area contributed by atoms with Gasteiger partial charge in [0.25, 0.3) is 0 Å². The highest BCUT2D eigenvalue weighted by atomic mass is 16.5. The van der Waals surface area contributed by atoms with E-state index >= 15 is 0 Å². The molecule has 19 heavy (non-hydrogen) atoms. The predicted molar refractivity (Wildman–Crippen MR) is 76.2 cm³/mol. The summed E-state index contributed by atoms with van der Waals surface area (Å²) in [6.45, 7) is 2.00. The molecule has 0 fully saturated rings. The first-order valence-electron chi connectivity index (χ1n) is 6.13. The van der Waals surface area contributed by atoms with Gasteiger partial charge in [-0.2, -0.15) is 0 Å². The summed E-state index contributed by atoms with van der Waals surface area (Å²) >= 11 is 0. The number of aromatic nitrogens is 2. The van der Waals surface area contributed by atoms with Crippen molar-refractivity contribution in [3.05, 3.63) is 54.4 Å². The summed E-state index contributed by atoms with van der Waals surface area (Å²) in [6, 6.07) is 13.8. The lowest BCUT2D eigenvalue weighted by Crippen LogP contribution is -1.96. The first-order valence-corrected chi connectivity index (χ1v) is 6.13. The van der Waals surface area contributed by atoms with Gasteiger partial charge in [-0.3, -0.25) is 4.40 Å². The molecule has 0 unspecified atom stereocenters. The maximum atomic E-state index is 5.15. The normalized spacial score (nSPS) is 10.6. The topological polar surface area (TPSA) is 38.6 Å². The number of rotatable bonds is 3. The largest absolute Gasteiger partial charge is 0.497 e. The molecule has 0 spiro atoms. The zero-order chi connectivity index (χ0) is 13.2. The van der Waals surface area contributed by atoms with Gasteiger partial charge in [-0.25, -0.2) is 4.98 Å². The Balaban J connectivity index is 1.98. The van der Waals surface area contributed by atoms with Crippen LogP contribution in [0.25, 0.3) is 5.65 Å². The Labute approximate surface area is 111 Å². The zero-order valence-corrected chi connectivity index (χ0v) is 10.9. The maximum absolute atomic E-state index is 5.15. The number of fused-ring (bicyclic) bond motifs is 1. The summed E-state index contributed by atoms with van der Waals surface area (Å²) < 4.78 is 7.19. The van der Waals surface area contributed by atoms with Gasteiger partial charge in [0.05, 0.1) is 12.8 Å². The minimum absolute atomic E-state index is 0.848. The Morgan fingerprint density at radius 3 is 2.63 bits per heavy atom. The fraction of sp³-hybridized carbons (Fsp3) is 0.133. The number of hydrogen-bond acceptors (Lipinski definition) is 3. The number of anilines is 2. The van der Waals surface area contributed by atoms with Crippen LogP contribution < -0.4 is 10.1 Å². The van der Waals surface area contributed by atoms with E-state index in [1.165, 1.54) is 0 Å². The Bertz CT molecular complexity index is 701. The van der Waals surface area contributed by atoms with Crippen molar-refractivity contribution >= 4 is 17.2 Å². The fourth-order valence-electron chi connectivity index (χ4n) is 2.08. The van der Waals surface area contributed by atoms with Gasteiger partial charge in [-0.05, 0) is 43.3 Å². The van der Waals surface area contributed by atoms with Gasteiger partial charge in [-0.1, -0.05) is 6.07 Å². The quantitative estimate of drug-likeness (QED) is 0.777. The molecular weight excluding hydrogens is 238 g/mol. The standard InChI is InChI=1S/C15H15N3O/c1-11-15(18-10-4-3-5-14(18)16-11)17-12-6-8-13(19-2)9-7-12/h3-10,17H,1-2H3. The number of nitrogens with zero attached hydrogens (tertiary/aromatic N) is 2. The van der Waals surface area contributed by atoms with Gasteiger partial charge < -0.3 is 10.1 Å². The monoisotopic (exact) mass is 253 g/mol. The number of aryl methyl sites for hydroxylation is 1. The van der Waals surface area contributed by atoms with Gasteiger partial charge in [0, 0.05) is 11.9 Å². The minimum Gasteiger partial charge on any atom is -0.497 e. The molecule has 2 aromatic heterocycles. The van der Waals surface area contributed by atoms with E-state index in [-0.39, 0.29) is 0 Å². The Kier molecular flexibility index (Phi) is 2.83. The van der Waals surface area contributed by atoms with Crippen molar-refractivity contribution in [2.45, 2.75) is 6.92 Å². The highest BCUT2D eigenvalue weighted by molar-refractivity contribution is 5.63. The third-order valence-electron chi connectivity index (χ3n) is 3.06. The summed E-state index contributed by atoms with van der Waals surface area (Å²) in [4.78, 5) is 4.52. The van der Waals surface area contributed by atoms with E-state index < -0.39 is 0 Å². The highest BCUT2D eigenvalue weighted by Gasteiger charge is 2.07. The molecule has 1 N–H and O–H groups in total. The molecule has 3 aromatic rings. The van der Waals surface area contributed by atoms with Crippen LogP contribution in [0.4, 0.5) is 11.5 Å². The van der Waals surface area contributed by atoms with Crippen molar-refractivity contribution < 1.29 is 4.74 Å². The van der Waals surface area contributed by atoms with Gasteiger partial charge in [0.2, 0.25) is 0 Å². The lowest BCUT2D eigenvalue weighted by Gasteiger charge is -2.08. The summed E-state index contributed by atoms with van der Waals surface area (Å²) in [5, 5.41) is 3.39. The number of benzene rings is 1. The summed E-state index contributed by atoms with van der Waals surface area (Å²) in [6.07, 6.45) is 2.00. The van der Waals surface area contributed by atoms with E-state index in [9.17, 15) is 0 Å². The van der Waals surface area contributed by atoms with E-state index in [4.69, 9.17) is 4.74 Å². The van der Waals surface area contributed by atoms with E-state index in [0.29, 0.717) is 0 Å². The van der Waals surface area contributed by atoms with Crippen LogP contribution in [0.15, 0.2) is 48.7 Å². The van der Waals surface area contributed by atoms with Crippen LogP contribution >= 0.6 is 0 Å². The van der Waals surface area contributed by atoms with E-state index in [1.807, 2.05) is 60.0 Å². The first-order chi connectivity index (χ1) is 9.28. The van der Waals surface area contributed by atoms with Gasteiger partial charge in [0.1, 0.15) is 17.2 Å². The van der Waals surface area contributed by atoms with Crippen molar-refractivity contribution in [1.82, 2.24) is 9.38 Å². The van der Waals surface area contributed by atoms with Crippen LogP contribution in [0, 0.1) is 6.92 Å². The molecule has 96 valence electrons. The molecule has 4 nitrogen and oxygen atoms in total. The molecule has 0 atom stereocenters. The summed E-state index contributed by atoms with van der Waals surface area (Å²) in [7, 11) is 1.66. The molecule has 0 aliphatic rings. The predicted octanol–water partition coefficient (Wildman–Crippen LogP) is 3.39. The molecular formula is C15H15N3O. The number of hydrogen-bond donors (Lipinski definition) is 1. The number of ether oxygens (including phenoxy) is 1. The number of methoxy groups -OCH3 is 1. The van der Waals surface area contributed by atoms with E-state index in [1.54, 1.807) is 7.11 Å². The van der Waals surface area contributed by atoms with Crippen LogP contribution in [0.5, 0.6) is 5.75 Å². The summed E-state index contributed by atoms with van der Waals surface area (Å²) in [5.41, 5.74) is 2.92. The van der Waals surface area contributed by atoms with Crippen molar-refractivity contribution in [2.24, 2.45) is 0 Å². The lowest BCUT2D eigenvalue weighted by atomic mass is 10.3. The maximum Gasteiger partial charge on any atom is 0.138 e. The van der Waals surface area contributed by atoms with Crippen molar-refractivity contribution in [3.8, 4) is 5.75 Å². The molecule has 0 amide bonds. The Morgan fingerprint density at radius 2 is 1.89 bits per heavy atom. The lowest BCUT2D eigenvalue weighted by molar-refractivity contribution is 0.415. The first kappa shape index (κ1) is 11.6. The number of pyridine rings is 1. The molecule has 2 heterocycles. The molecule has 0 aliphatic carbocycles. The van der Waals surface area contributed by atoms with Crippen LogP contribution in [-0.2, 0) is 0 Å². The van der Waals surface area contributed by atoms with Crippen molar-refractivity contribution in [3.63, 3.8) is 0 Å². The van der Waals surface area contributed by atoms with E-state index in [0.717, 1.165) is 28.6 Å². The molecule has 3 rings (SSSR count). The van der Waals surface area contributed by atoms with Gasteiger partial charge >= 0.3 is 0 Å². The SMILES string of the molecule is COc1ccc(Nc2c(C)nc3ccccn23)cc1. The smallest absolute Gasteiger partial charge is 0.138 e. The Hall–Kier alpha value is -2.49. The molecule has 0 radical (unpaired) electrons. The second kappa shape index (κ2) is 4.65. The second-order valence-electron chi connectivity index (χ2n) is 4.33. The third-order valence-corrected chi connectivity index (χ3v) is 3.06. The van der Waals surface area contributed by atoms with Crippen molar-refractivity contribution in [2.75, 3.05) is 12.4 Å². The van der Waals surface area contributed by atoms with Crippen LogP contribution in [0.3, 0.4) is 0 Å². The van der Waals surface area contributed by atoms with Crippen LogP contribution in [0.2, 0.25) is 0 Å². The molecule has 4 heteroatoms. The zero-order valence-electron chi connectivity index (χ0n) is 10.9. The third kappa shape index (κ3) is 2.12. The highest BCUT2D eigenvalue weighted by Crippen LogP contribution is 2.23. The van der Waals surface area contributed by atoms with Crippen LogP contribution in [-0.4, -0.2) is 16.5 Å². The fourth-order valence-corrected chi connectivity index (χ4v) is 2.08. The van der Waals surface area contributed by atoms with Crippen LogP contribution in [0.1, 0.15) is 5.69 Å². The Morgan fingerprint density at radius 1 is 1.11 bits per heavy atom. The summed E-state index contributed by atoms with van der Waals surface area (Å²) in [5.74, 6) is 1.83. The average Bonchev–Trinajstić information content (AvgIpc) is 2.76. The van der Waals surface area contributed by atoms with Crippen molar-refractivity contribution in [1.29, 1.82) is 0 Å². The number of nitrogens with one attached hydrogen (secondary N) is 1. The second-order valence-corrected chi connectivity index (χ2v) is 4.33. The minimum atomic E-state index is 0.848. The number of imidazole rings is 1. The van der Waals surface area contributed by atoms with Gasteiger partial charge in [-0.15, -0.1) is 0 Å². The van der Waals surface area contributed by atoms with E-state index in [2.05, 4.69) is 10.3 Å². The van der Waals surface area contributed by atoms with Gasteiger partial charge in [0.15, 0.2) is 0 Å². The molecule has 0 saturated heterocycles. The molecule has 1 aromatic carbocycles. The molecule has 0 saturated carbocycles. The molecule has 0 bridgehead atoms.